The number of fused-ring (bicyclic) bond motifs is 1. The van der Waals surface area contributed by atoms with Crippen LogP contribution in [0.1, 0.15) is 59.3 Å². The number of hydrogen-bond donors (Lipinski definition) is 1. The minimum Gasteiger partial charge on any atom is -0.327 e. The van der Waals surface area contributed by atoms with Gasteiger partial charge < -0.3 is 5.73 Å². The fraction of sp³-hybridized carbons (Fsp3) is 1.00. The highest BCUT2D eigenvalue weighted by Gasteiger charge is 2.40. The summed E-state index contributed by atoms with van der Waals surface area (Å²) in [5.41, 5.74) is 6.32. The molecule has 0 bridgehead atoms. The quantitative estimate of drug-likeness (QED) is 0.814. The molecule has 0 radical (unpaired) electrons. The van der Waals surface area contributed by atoms with Crippen LogP contribution in [-0.4, -0.2) is 30.1 Å². The van der Waals surface area contributed by atoms with E-state index in [1.807, 2.05) is 0 Å². The second-order valence-electron chi connectivity index (χ2n) is 6.78. The second kappa shape index (κ2) is 6.38. The molecule has 1 aliphatic carbocycles. The lowest BCUT2D eigenvalue weighted by molar-refractivity contribution is 0.191. The Kier molecular flexibility index (Phi) is 5.08. The van der Waals surface area contributed by atoms with Crippen LogP contribution < -0.4 is 5.73 Å². The summed E-state index contributed by atoms with van der Waals surface area (Å²) in [5, 5.41) is 0. The van der Waals surface area contributed by atoms with Gasteiger partial charge in [-0.1, -0.05) is 33.6 Å². The zero-order valence-electron chi connectivity index (χ0n) is 12.6. The molecule has 1 heterocycles. The maximum Gasteiger partial charge on any atom is 0.00954 e. The minimum atomic E-state index is 0.481. The van der Waals surface area contributed by atoms with Gasteiger partial charge in [0.25, 0.3) is 0 Å². The van der Waals surface area contributed by atoms with Gasteiger partial charge in [-0.15, -0.1) is 0 Å². The summed E-state index contributed by atoms with van der Waals surface area (Å²) >= 11 is 0. The number of rotatable bonds is 5. The molecular formula is C16H32N2. The summed E-state index contributed by atoms with van der Waals surface area (Å²) in [7, 11) is 0. The lowest BCUT2D eigenvalue weighted by Crippen LogP contribution is -2.39. The molecule has 2 nitrogen and oxygen atoms in total. The van der Waals surface area contributed by atoms with Crippen molar-refractivity contribution >= 4 is 0 Å². The van der Waals surface area contributed by atoms with E-state index in [0.717, 1.165) is 23.8 Å². The molecular weight excluding hydrogens is 220 g/mol. The average molecular weight is 252 g/mol. The van der Waals surface area contributed by atoms with Crippen molar-refractivity contribution < 1.29 is 0 Å². The van der Waals surface area contributed by atoms with Gasteiger partial charge in [-0.25, -0.2) is 0 Å². The molecule has 5 atom stereocenters. The van der Waals surface area contributed by atoms with Gasteiger partial charge in [0.2, 0.25) is 0 Å². The fourth-order valence-corrected chi connectivity index (χ4v) is 4.05. The van der Waals surface area contributed by atoms with Crippen molar-refractivity contribution in [2.75, 3.05) is 13.1 Å². The van der Waals surface area contributed by atoms with Crippen molar-refractivity contribution in [3.05, 3.63) is 0 Å². The van der Waals surface area contributed by atoms with Crippen molar-refractivity contribution in [2.45, 2.75) is 71.4 Å². The molecule has 2 aliphatic rings. The van der Waals surface area contributed by atoms with Gasteiger partial charge >= 0.3 is 0 Å². The molecule has 0 aromatic rings. The average Bonchev–Trinajstić information content (AvgIpc) is 2.80. The van der Waals surface area contributed by atoms with Gasteiger partial charge in [0.05, 0.1) is 0 Å². The Morgan fingerprint density at radius 1 is 1.17 bits per heavy atom. The van der Waals surface area contributed by atoms with Crippen LogP contribution in [0.4, 0.5) is 0 Å². The summed E-state index contributed by atoms with van der Waals surface area (Å²) in [5.74, 6) is 2.57. The molecule has 0 amide bonds. The van der Waals surface area contributed by atoms with Crippen molar-refractivity contribution in [1.29, 1.82) is 0 Å². The van der Waals surface area contributed by atoms with Crippen LogP contribution >= 0.6 is 0 Å². The first kappa shape index (κ1) is 14.3. The lowest BCUT2D eigenvalue weighted by atomic mass is 9.78. The van der Waals surface area contributed by atoms with E-state index < -0.39 is 0 Å². The molecule has 0 aromatic heterocycles. The molecule has 5 unspecified atom stereocenters. The topological polar surface area (TPSA) is 29.3 Å². The van der Waals surface area contributed by atoms with Crippen LogP contribution in [0.5, 0.6) is 0 Å². The second-order valence-corrected chi connectivity index (χ2v) is 6.78. The largest absolute Gasteiger partial charge is 0.327 e. The van der Waals surface area contributed by atoms with E-state index >= 15 is 0 Å². The predicted molar refractivity (Wildman–Crippen MR) is 78.5 cm³/mol. The Labute approximate surface area is 113 Å². The summed E-state index contributed by atoms with van der Waals surface area (Å²) in [4.78, 5) is 2.77. The first-order valence-corrected chi connectivity index (χ1v) is 8.15. The zero-order chi connectivity index (χ0) is 13.1. The highest BCUT2D eigenvalue weighted by Crippen LogP contribution is 2.37. The van der Waals surface area contributed by atoms with Crippen LogP contribution in [0.2, 0.25) is 0 Å². The van der Waals surface area contributed by atoms with Crippen LogP contribution in [0, 0.1) is 17.8 Å². The number of nitrogens with two attached hydrogens (primary N) is 1. The highest BCUT2D eigenvalue weighted by molar-refractivity contribution is 4.95. The number of likely N-dealkylation sites (tertiary alicyclic amines) is 1. The van der Waals surface area contributed by atoms with Gasteiger partial charge in [0.1, 0.15) is 0 Å². The SMILES string of the molecule is CCC(C)CC(CC)N1CC2CCCC(N)C2C1. The van der Waals surface area contributed by atoms with E-state index in [4.69, 9.17) is 5.73 Å². The fourth-order valence-electron chi connectivity index (χ4n) is 4.05. The Balaban J connectivity index is 1.93. The monoisotopic (exact) mass is 252 g/mol. The van der Waals surface area contributed by atoms with E-state index in [0.29, 0.717) is 6.04 Å². The Morgan fingerprint density at radius 2 is 1.94 bits per heavy atom. The Hall–Kier alpha value is -0.0800. The minimum absolute atomic E-state index is 0.481. The normalized spacial score (nSPS) is 36.3. The van der Waals surface area contributed by atoms with Gasteiger partial charge in [0, 0.05) is 25.2 Å². The third-order valence-electron chi connectivity index (χ3n) is 5.54. The standard InChI is InChI=1S/C16H32N2/c1-4-12(3)9-14(5-2)18-10-13-7-6-8-16(17)15(13)11-18/h12-16H,4-11,17H2,1-3H3. The summed E-state index contributed by atoms with van der Waals surface area (Å²) in [6, 6.07) is 1.28. The third kappa shape index (κ3) is 3.08. The van der Waals surface area contributed by atoms with Gasteiger partial charge in [-0.05, 0) is 43.4 Å². The molecule has 0 aromatic carbocycles. The van der Waals surface area contributed by atoms with Crippen molar-refractivity contribution in [2.24, 2.45) is 23.5 Å². The lowest BCUT2D eigenvalue weighted by Gasteiger charge is -2.30. The van der Waals surface area contributed by atoms with Gasteiger partial charge in [-0.3, -0.25) is 4.90 Å². The molecule has 1 saturated carbocycles. The molecule has 106 valence electrons. The molecule has 2 heteroatoms. The smallest absolute Gasteiger partial charge is 0.00954 e. The predicted octanol–water partition coefficient (Wildman–Crippen LogP) is 3.26. The molecule has 2 N–H and O–H groups in total. The molecule has 2 rings (SSSR count). The maximum absolute atomic E-state index is 6.32. The Morgan fingerprint density at radius 3 is 2.56 bits per heavy atom. The highest BCUT2D eigenvalue weighted by atomic mass is 15.2. The van der Waals surface area contributed by atoms with Gasteiger partial charge in [-0.2, -0.15) is 0 Å². The van der Waals surface area contributed by atoms with Crippen molar-refractivity contribution in [1.82, 2.24) is 4.90 Å². The number of nitrogens with zero attached hydrogens (tertiary/aromatic N) is 1. The first-order chi connectivity index (χ1) is 8.65. The molecule has 1 saturated heterocycles. The van der Waals surface area contributed by atoms with Crippen molar-refractivity contribution in [3.63, 3.8) is 0 Å². The van der Waals surface area contributed by atoms with Crippen LogP contribution in [0.15, 0.2) is 0 Å². The van der Waals surface area contributed by atoms with Crippen LogP contribution in [0.3, 0.4) is 0 Å². The summed E-state index contributed by atoms with van der Waals surface area (Å²) in [6.07, 6.45) is 8.04. The van der Waals surface area contributed by atoms with Gasteiger partial charge in [0.15, 0.2) is 0 Å². The third-order valence-corrected chi connectivity index (χ3v) is 5.54. The van der Waals surface area contributed by atoms with E-state index in [1.54, 1.807) is 0 Å². The molecule has 1 aliphatic heterocycles. The maximum atomic E-state index is 6.32. The number of hydrogen-bond acceptors (Lipinski definition) is 2. The van der Waals surface area contributed by atoms with Crippen LogP contribution in [-0.2, 0) is 0 Å². The van der Waals surface area contributed by atoms with E-state index in [1.165, 1.54) is 51.6 Å². The molecule has 18 heavy (non-hydrogen) atoms. The zero-order valence-corrected chi connectivity index (χ0v) is 12.6. The van der Waals surface area contributed by atoms with Crippen molar-refractivity contribution in [3.8, 4) is 0 Å². The first-order valence-electron chi connectivity index (χ1n) is 8.15. The van der Waals surface area contributed by atoms with Crippen LogP contribution in [0.25, 0.3) is 0 Å². The van der Waals surface area contributed by atoms with E-state index in [9.17, 15) is 0 Å². The van der Waals surface area contributed by atoms with E-state index in [-0.39, 0.29) is 0 Å². The summed E-state index contributed by atoms with van der Waals surface area (Å²) in [6.45, 7) is 9.68. The van der Waals surface area contributed by atoms with E-state index in [2.05, 4.69) is 25.7 Å². The Bertz CT molecular complexity index is 253. The molecule has 2 fully saturated rings. The molecule has 0 spiro atoms. The summed E-state index contributed by atoms with van der Waals surface area (Å²) < 4.78 is 0.